The summed E-state index contributed by atoms with van der Waals surface area (Å²) >= 11 is 0. The number of fused-ring (bicyclic) bond motifs is 6. The normalized spacial score (nSPS) is 39.3. The Hall–Kier alpha value is -1.06. The van der Waals surface area contributed by atoms with Crippen LogP contribution in [0.25, 0.3) is 0 Å². The maximum absolute atomic E-state index is 6.21. The van der Waals surface area contributed by atoms with E-state index < -0.39 is 0 Å². The molecule has 3 nitrogen and oxygen atoms in total. The van der Waals surface area contributed by atoms with Crippen molar-refractivity contribution in [1.29, 1.82) is 0 Å². The number of rotatable bonds is 1. The molecule has 3 heteroatoms. The molecular formula is C21H28O3. The Bertz CT molecular complexity index is 648. The lowest BCUT2D eigenvalue weighted by atomic mass is 9.55. The summed E-state index contributed by atoms with van der Waals surface area (Å²) in [7, 11) is 1.76. The second-order valence-electron chi connectivity index (χ2n) is 8.42. The largest absolute Gasteiger partial charge is 0.497 e. The predicted octanol–water partition coefficient (Wildman–Crippen LogP) is 4.29. The van der Waals surface area contributed by atoms with E-state index in [4.69, 9.17) is 14.2 Å². The molecule has 24 heavy (non-hydrogen) atoms. The van der Waals surface area contributed by atoms with E-state index in [0.29, 0.717) is 5.92 Å². The summed E-state index contributed by atoms with van der Waals surface area (Å²) in [5.74, 6) is 2.97. The molecule has 2 saturated carbocycles. The molecule has 1 heterocycles. The van der Waals surface area contributed by atoms with E-state index in [-0.39, 0.29) is 11.2 Å². The van der Waals surface area contributed by atoms with Gasteiger partial charge in [-0.25, -0.2) is 0 Å². The lowest BCUT2D eigenvalue weighted by molar-refractivity contribution is -0.237. The summed E-state index contributed by atoms with van der Waals surface area (Å²) in [6, 6.07) is 6.74. The van der Waals surface area contributed by atoms with E-state index in [1.165, 1.54) is 37.7 Å². The molecule has 4 aliphatic rings. The van der Waals surface area contributed by atoms with Crippen LogP contribution in [-0.2, 0) is 15.9 Å². The monoisotopic (exact) mass is 328 g/mol. The second-order valence-corrected chi connectivity index (χ2v) is 8.42. The minimum Gasteiger partial charge on any atom is -0.497 e. The molecule has 3 aliphatic carbocycles. The average Bonchev–Trinajstić information content (AvgIpc) is 3.21. The van der Waals surface area contributed by atoms with Crippen molar-refractivity contribution in [3.05, 3.63) is 29.3 Å². The highest BCUT2D eigenvalue weighted by molar-refractivity contribution is 5.40. The van der Waals surface area contributed by atoms with Gasteiger partial charge in [0.15, 0.2) is 5.79 Å². The summed E-state index contributed by atoms with van der Waals surface area (Å²) in [5.41, 5.74) is 3.30. The average molecular weight is 328 g/mol. The molecule has 1 aromatic carbocycles. The minimum atomic E-state index is -0.275. The first-order valence-electron chi connectivity index (χ1n) is 9.62. The number of aryl methyl sites for hydroxylation is 1. The Morgan fingerprint density at radius 2 is 1.92 bits per heavy atom. The lowest BCUT2D eigenvalue weighted by Crippen LogP contribution is -2.51. The molecule has 0 unspecified atom stereocenters. The van der Waals surface area contributed by atoms with E-state index in [1.54, 1.807) is 12.7 Å². The van der Waals surface area contributed by atoms with Crippen LogP contribution in [0.2, 0.25) is 0 Å². The number of hydrogen-bond donors (Lipinski definition) is 0. The Balaban J connectivity index is 1.49. The van der Waals surface area contributed by atoms with E-state index in [0.717, 1.165) is 37.2 Å². The van der Waals surface area contributed by atoms with Crippen LogP contribution in [0.5, 0.6) is 5.75 Å². The zero-order chi connectivity index (χ0) is 16.4. The van der Waals surface area contributed by atoms with E-state index in [1.807, 2.05) is 0 Å². The summed E-state index contributed by atoms with van der Waals surface area (Å²) in [6.45, 7) is 4.01. The zero-order valence-corrected chi connectivity index (χ0v) is 14.8. The van der Waals surface area contributed by atoms with Crippen molar-refractivity contribution in [1.82, 2.24) is 0 Å². The molecule has 0 radical (unpaired) electrons. The lowest BCUT2D eigenvalue weighted by Gasteiger charge is -2.52. The molecule has 0 bridgehead atoms. The fraction of sp³-hybridized carbons (Fsp3) is 0.714. The summed E-state index contributed by atoms with van der Waals surface area (Å²) in [4.78, 5) is 0. The standard InChI is InChI=1S/C21H28O3/c1-20-9-7-17-16-6-4-15(22-2)13-14(16)3-5-18(17)19(20)8-10-21(20)23-11-12-24-21/h4,6,13,17-19H,3,5,7-12H2,1-2H3/t17-,18-,19+,20+/m1/s1. The van der Waals surface area contributed by atoms with Crippen molar-refractivity contribution in [3.63, 3.8) is 0 Å². The van der Waals surface area contributed by atoms with Crippen molar-refractivity contribution in [2.24, 2.45) is 17.3 Å². The summed E-state index contributed by atoms with van der Waals surface area (Å²) in [5, 5.41) is 0. The molecular weight excluding hydrogens is 300 g/mol. The number of hydrogen-bond acceptors (Lipinski definition) is 3. The first-order chi connectivity index (χ1) is 11.7. The van der Waals surface area contributed by atoms with Crippen molar-refractivity contribution in [2.45, 2.75) is 57.2 Å². The van der Waals surface area contributed by atoms with Crippen LogP contribution in [0.3, 0.4) is 0 Å². The molecule has 0 amide bonds. The molecule has 1 aliphatic heterocycles. The van der Waals surface area contributed by atoms with Crippen molar-refractivity contribution < 1.29 is 14.2 Å². The molecule has 1 aromatic rings. The maximum atomic E-state index is 6.21. The zero-order valence-electron chi connectivity index (χ0n) is 14.8. The van der Waals surface area contributed by atoms with Crippen LogP contribution < -0.4 is 4.74 Å². The van der Waals surface area contributed by atoms with Gasteiger partial charge in [0.1, 0.15) is 5.75 Å². The molecule has 0 aromatic heterocycles. The van der Waals surface area contributed by atoms with Crippen LogP contribution in [0.1, 0.15) is 56.1 Å². The van der Waals surface area contributed by atoms with Crippen molar-refractivity contribution >= 4 is 0 Å². The van der Waals surface area contributed by atoms with Crippen LogP contribution in [0.15, 0.2) is 18.2 Å². The minimum absolute atomic E-state index is 0.203. The van der Waals surface area contributed by atoms with Gasteiger partial charge in [-0.2, -0.15) is 0 Å². The molecule has 130 valence electrons. The Morgan fingerprint density at radius 3 is 2.71 bits per heavy atom. The van der Waals surface area contributed by atoms with Crippen LogP contribution in [0.4, 0.5) is 0 Å². The van der Waals surface area contributed by atoms with Crippen molar-refractivity contribution in [2.75, 3.05) is 20.3 Å². The SMILES string of the molecule is COc1ccc2c(c1)CC[C@@H]1[C@@H]2CC[C@@]2(C)[C@H]1CCC21OCCO1. The van der Waals surface area contributed by atoms with Gasteiger partial charge >= 0.3 is 0 Å². The van der Waals surface area contributed by atoms with Crippen molar-refractivity contribution in [3.8, 4) is 5.75 Å². The maximum Gasteiger partial charge on any atom is 0.174 e. The summed E-state index contributed by atoms with van der Waals surface area (Å²) in [6.07, 6.45) is 7.35. The van der Waals surface area contributed by atoms with Gasteiger partial charge < -0.3 is 14.2 Å². The third-order valence-corrected chi connectivity index (χ3v) is 7.73. The fourth-order valence-electron chi connectivity index (χ4n) is 6.57. The smallest absolute Gasteiger partial charge is 0.174 e. The van der Waals surface area contributed by atoms with Crippen LogP contribution in [0, 0.1) is 17.3 Å². The Labute approximate surface area is 144 Å². The molecule has 0 N–H and O–H groups in total. The first kappa shape index (κ1) is 15.2. The number of benzene rings is 1. The van der Waals surface area contributed by atoms with Gasteiger partial charge in [0, 0.05) is 11.8 Å². The van der Waals surface area contributed by atoms with E-state index in [2.05, 4.69) is 25.1 Å². The van der Waals surface area contributed by atoms with Gasteiger partial charge in [-0.05, 0) is 73.1 Å². The van der Waals surface area contributed by atoms with Gasteiger partial charge in [-0.3, -0.25) is 0 Å². The third-order valence-electron chi connectivity index (χ3n) is 7.73. The molecule has 1 saturated heterocycles. The molecule has 3 fully saturated rings. The Morgan fingerprint density at radius 1 is 1.08 bits per heavy atom. The fourth-order valence-corrected chi connectivity index (χ4v) is 6.57. The number of methoxy groups -OCH3 is 1. The topological polar surface area (TPSA) is 27.7 Å². The van der Waals surface area contributed by atoms with Gasteiger partial charge in [0.25, 0.3) is 0 Å². The highest BCUT2D eigenvalue weighted by Crippen LogP contribution is 2.66. The Kier molecular flexibility index (Phi) is 3.31. The van der Waals surface area contributed by atoms with Gasteiger partial charge in [-0.15, -0.1) is 0 Å². The van der Waals surface area contributed by atoms with Gasteiger partial charge in [0.05, 0.1) is 20.3 Å². The number of ether oxygens (including phenoxy) is 3. The van der Waals surface area contributed by atoms with Crippen LogP contribution in [-0.4, -0.2) is 26.1 Å². The highest BCUT2D eigenvalue weighted by atomic mass is 16.7. The van der Waals surface area contributed by atoms with Crippen LogP contribution >= 0.6 is 0 Å². The third kappa shape index (κ3) is 1.86. The summed E-state index contributed by atoms with van der Waals surface area (Å²) < 4.78 is 17.9. The van der Waals surface area contributed by atoms with E-state index in [9.17, 15) is 0 Å². The first-order valence-corrected chi connectivity index (χ1v) is 9.62. The molecule has 1 spiro atoms. The quantitative estimate of drug-likeness (QED) is 0.769. The second kappa shape index (κ2) is 5.22. The van der Waals surface area contributed by atoms with Gasteiger partial charge in [-0.1, -0.05) is 13.0 Å². The molecule has 5 rings (SSSR count). The molecule has 4 atom stereocenters. The predicted molar refractivity (Wildman–Crippen MR) is 92.2 cm³/mol. The van der Waals surface area contributed by atoms with Gasteiger partial charge in [0.2, 0.25) is 0 Å². The van der Waals surface area contributed by atoms with E-state index >= 15 is 0 Å². The highest BCUT2D eigenvalue weighted by Gasteiger charge is 2.64.